The average Bonchev–Trinajstić information content (AvgIpc) is 2.46. The zero-order chi connectivity index (χ0) is 12.8. The number of aromatic nitrogens is 1. The molecule has 0 radical (unpaired) electrons. The Morgan fingerprint density at radius 1 is 1.22 bits per heavy atom. The first-order valence-corrected chi connectivity index (χ1v) is 5.62. The monoisotopic (exact) mass is 239 g/mol. The van der Waals surface area contributed by atoms with Gasteiger partial charge >= 0.3 is 0 Å². The minimum Gasteiger partial charge on any atom is -0.394 e. The van der Waals surface area contributed by atoms with Gasteiger partial charge in [-0.05, 0) is 17.7 Å². The molecule has 2 aromatic rings. The van der Waals surface area contributed by atoms with Crippen molar-refractivity contribution in [3.63, 3.8) is 0 Å². The van der Waals surface area contributed by atoms with Gasteiger partial charge in [0.05, 0.1) is 18.2 Å². The maximum absolute atomic E-state index is 9.40. The van der Waals surface area contributed by atoms with Crippen LogP contribution >= 0.6 is 0 Å². The summed E-state index contributed by atoms with van der Waals surface area (Å²) in [6.45, 7) is -0.0221. The van der Waals surface area contributed by atoms with Gasteiger partial charge in [0.1, 0.15) is 11.9 Å². The number of hydrogen-bond donors (Lipinski definition) is 2. The third kappa shape index (κ3) is 2.84. The summed E-state index contributed by atoms with van der Waals surface area (Å²) in [5.74, 6) is 0.636. The van der Waals surface area contributed by atoms with Crippen LogP contribution in [0.2, 0.25) is 0 Å². The predicted molar refractivity (Wildman–Crippen MR) is 68.8 cm³/mol. The van der Waals surface area contributed by atoms with E-state index >= 15 is 0 Å². The number of nitriles is 1. The third-order valence-corrected chi connectivity index (χ3v) is 2.60. The topological polar surface area (TPSA) is 68.9 Å². The van der Waals surface area contributed by atoms with Crippen molar-refractivity contribution in [2.75, 3.05) is 11.9 Å². The molecule has 1 aromatic carbocycles. The van der Waals surface area contributed by atoms with E-state index in [1.54, 1.807) is 12.1 Å². The molecule has 0 saturated heterocycles. The number of benzene rings is 1. The first kappa shape index (κ1) is 12.1. The van der Waals surface area contributed by atoms with Crippen LogP contribution in [-0.2, 0) is 0 Å². The lowest BCUT2D eigenvalue weighted by Crippen LogP contribution is -2.15. The van der Waals surface area contributed by atoms with Crippen molar-refractivity contribution in [2.24, 2.45) is 0 Å². The highest BCUT2D eigenvalue weighted by atomic mass is 16.3. The molecule has 0 bridgehead atoms. The molecular weight excluding hydrogens is 226 g/mol. The molecular formula is C14H13N3O. The number of aliphatic hydroxyl groups is 1. The Kier molecular flexibility index (Phi) is 3.90. The van der Waals surface area contributed by atoms with Crippen LogP contribution in [-0.4, -0.2) is 16.7 Å². The van der Waals surface area contributed by atoms with Crippen LogP contribution in [0.1, 0.15) is 17.2 Å². The average molecular weight is 239 g/mol. The van der Waals surface area contributed by atoms with Gasteiger partial charge in [0.15, 0.2) is 0 Å². The number of aliphatic hydroxyl groups excluding tert-OH is 1. The van der Waals surface area contributed by atoms with E-state index in [1.165, 1.54) is 6.20 Å². The summed E-state index contributed by atoms with van der Waals surface area (Å²) in [6, 6.07) is 14.9. The van der Waals surface area contributed by atoms with Crippen molar-refractivity contribution in [2.45, 2.75) is 6.04 Å². The second-order valence-electron chi connectivity index (χ2n) is 3.83. The summed E-state index contributed by atoms with van der Waals surface area (Å²) in [5, 5.41) is 21.2. The van der Waals surface area contributed by atoms with Crippen LogP contribution in [0.15, 0.2) is 48.7 Å². The van der Waals surface area contributed by atoms with Crippen molar-refractivity contribution >= 4 is 5.82 Å². The van der Waals surface area contributed by atoms with Crippen LogP contribution in [0.5, 0.6) is 0 Å². The predicted octanol–water partition coefficient (Wildman–Crippen LogP) is 2.10. The SMILES string of the molecule is N#Cc1ccc(N[C@H](CO)c2ccccc2)nc1. The molecule has 2 N–H and O–H groups in total. The molecule has 4 nitrogen and oxygen atoms in total. The van der Waals surface area contributed by atoms with Gasteiger partial charge in [-0.25, -0.2) is 4.98 Å². The molecule has 2 rings (SSSR count). The molecule has 0 spiro atoms. The molecule has 0 aliphatic carbocycles. The van der Waals surface area contributed by atoms with Crippen LogP contribution in [0.25, 0.3) is 0 Å². The van der Waals surface area contributed by atoms with Crippen molar-refractivity contribution < 1.29 is 5.11 Å². The second kappa shape index (κ2) is 5.80. The van der Waals surface area contributed by atoms with Gasteiger partial charge in [-0.3, -0.25) is 0 Å². The van der Waals surface area contributed by atoms with Gasteiger partial charge < -0.3 is 10.4 Å². The maximum Gasteiger partial charge on any atom is 0.126 e. The maximum atomic E-state index is 9.40. The number of pyridine rings is 1. The van der Waals surface area contributed by atoms with Crippen molar-refractivity contribution in [3.8, 4) is 6.07 Å². The third-order valence-electron chi connectivity index (χ3n) is 2.60. The molecule has 0 amide bonds. The highest BCUT2D eigenvalue weighted by molar-refractivity contribution is 5.41. The molecule has 0 saturated carbocycles. The normalized spacial score (nSPS) is 11.6. The zero-order valence-electron chi connectivity index (χ0n) is 9.74. The summed E-state index contributed by atoms with van der Waals surface area (Å²) in [5.41, 5.74) is 1.51. The summed E-state index contributed by atoms with van der Waals surface area (Å²) in [4.78, 5) is 4.12. The molecule has 0 aliphatic rings. The summed E-state index contributed by atoms with van der Waals surface area (Å²) < 4.78 is 0. The smallest absolute Gasteiger partial charge is 0.126 e. The fourth-order valence-electron chi connectivity index (χ4n) is 1.64. The van der Waals surface area contributed by atoms with Gasteiger partial charge in [-0.1, -0.05) is 30.3 Å². The van der Waals surface area contributed by atoms with E-state index < -0.39 is 0 Å². The lowest BCUT2D eigenvalue weighted by atomic mass is 10.1. The number of rotatable bonds is 4. The Morgan fingerprint density at radius 3 is 2.56 bits per heavy atom. The standard InChI is InChI=1S/C14H13N3O/c15-8-11-6-7-14(16-9-11)17-13(10-18)12-4-2-1-3-5-12/h1-7,9,13,18H,10H2,(H,16,17)/t13-/m1/s1. The molecule has 1 heterocycles. The van der Waals surface area contributed by atoms with Gasteiger partial charge in [0.25, 0.3) is 0 Å². The van der Waals surface area contributed by atoms with E-state index in [0.29, 0.717) is 11.4 Å². The van der Waals surface area contributed by atoms with Gasteiger partial charge in [-0.2, -0.15) is 5.26 Å². The summed E-state index contributed by atoms with van der Waals surface area (Å²) in [6.07, 6.45) is 1.50. The van der Waals surface area contributed by atoms with E-state index in [0.717, 1.165) is 5.56 Å². The highest BCUT2D eigenvalue weighted by Crippen LogP contribution is 2.17. The van der Waals surface area contributed by atoms with Crippen LogP contribution in [0.4, 0.5) is 5.82 Å². The molecule has 18 heavy (non-hydrogen) atoms. The number of anilines is 1. The van der Waals surface area contributed by atoms with Crippen LogP contribution < -0.4 is 5.32 Å². The fourth-order valence-corrected chi connectivity index (χ4v) is 1.64. The second-order valence-corrected chi connectivity index (χ2v) is 3.83. The van der Waals surface area contributed by atoms with Gasteiger partial charge in [0.2, 0.25) is 0 Å². The van der Waals surface area contributed by atoms with Crippen molar-refractivity contribution in [1.82, 2.24) is 4.98 Å². The Hall–Kier alpha value is -2.38. The highest BCUT2D eigenvalue weighted by Gasteiger charge is 2.09. The Morgan fingerprint density at radius 2 is 2.00 bits per heavy atom. The summed E-state index contributed by atoms with van der Waals surface area (Å²) >= 11 is 0. The van der Waals surface area contributed by atoms with E-state index in [9.17, 15) is 5.11 Å². The molecule has 90 valence electrons. The van der Waals surface area contributed by atoms with E-state index in [4.69, 9.17) is 5.26 Å². The van der Waals surface area contributed by atoms with Gasteiger partial charge in [0, 0.05) is 6.20 Å². The van der Waals surface area contributed by atoms with Crippen LogP contribution in [0.3, 0.4) is 0 Å². The fraction of sp³-hybridized carbons (Fsp3) is 0.143. The molecule has 1 aromatic heterocycles. The molecule has 0 fully saturated rings. The number of hydrogen-bond acceptors (Lipinski definition) is 4. The molecule has 1 atom stereocenters. The number of nitrogens with zero attached hydrogens (tertiary/aromatic N) is 2. The molecule has 4 heteroatoms. The minimum atomic E-state index is -0.202. The first-order valence-electron chi connectivity index (χ1n) is 5.62. The molecule has 0 unspecified atom stereocenters. The Labute approximate surface area is 106 Å². The molecule has 0 aliphatic heterocycles. The quantitative estimate of drug-likeness (QED) is 0.857. The zero-order valence-corrected chi connectivity index (χ0v) is 9.74. The lowest BCUT2D eigenvalue weighted by molar-refractivity contribution is 0.276. The lowest BCUT2D eigenvalue weighted by Gasteiger charge is -2.17. The Bertz CT molecular complexity index is 531. The van der Waals surface area contributed by atoms with E-state index in [-0.39, 0.29) is 12.6 Å². The van der Waals surface area contributed by atoms with E-state index in [2.05, 4.69) is 10.3 Å². The first-order chi connectivity index (χ1) is 8.83. The van der Waals surface area contributed by atoms with Crippen LogP contribution in [0, 0.1) is 11.3 Å². The largest absolute Gasteiger partial charge is 0.394 e. The Balaban J connectivity index is 2.13. The van der Waals surface area contributed by atoms with E-state index in [1.807, 2.05) is 36.4 Å². The summed E-state index contributed by atoms with van der Waals surface area (Å²) in [7, 11) is 0. The number of nitrogens with one attached hydrogen (secondary N) is 1. The minimum absolute atomic E-state index is 0.0221. The van der Waals surface area contributed by atoms with Gasteiger partial charge in [-0.15, -0.1) is 0 Å². The van der Waals surface area contributed by atoms with Crippen molar-refractivity contribution in [3.05, 3.63) is 59.8 Å². The van der Waals surface area contributed by atoms with Crippen molar-refractivity contribution in [1.29, 1.82) is 5.26 Å².